The minimum Gasteiger partial charge on any atom is -0.329 e. The SMILES string of the molecule is C[C@@H](CN)NCC1CC2CC2C1. The van der Waals surface area contributed by atoms with E-state index in [1.54, 1.807) is 0 Å². The Bertz CT molecular complexity index is 148. The Morgan fingerprint density at radius 3 is 2.58 bits per heavy atom. The van der Waals surface area contributed by atoms with E-state index in [9.17, 15) is 0 Å². The summed E-state index contributed by atoms with van der Waals surface area (Å²) in [7, 11) is 0. The van der Waals surface area contributed by atoms with Gasteiger partial charge in [-0.3, -0.25) is 0 Å². The fraction of sp³-hybridized carbons (Fsp3) is 1.00. The number of nitrogens with one attached hydrogen (secondary N) is 1. The molecule has 0 amide bonds. The Morgan fingerprint density at radius 2 is 2.00 bits per heavy atom. The van der Waals surface area contributed by atoms with E-state index in [2.05, 4.69) is 12.2 Å². The molecule has 0 heterocycles. The van der Waals surface area contributed by atoms with Crippen LogP contribution >= 0.6 is 0 Å². The molecule has 2 nitrogen and oxygen atoms in total. The normalized spacial score (nSPS) is 41.0. The van der Waals surface area contributed by atoms with Crippen LogP contribution in [0.5, 0.6) is 0 Å². The fourth-order valence-corrected chi connectivity index (χ4v) is 2.46. The Morgan fingerprint density at radius 1 is 1.33 bits per heavy atom. The van der Waals surface area contributed by atoms with Gasteiger partial charge in [0.2, 0.25) is 0 Å². The molecule has 0 spiro atoms. The van der Waals surface area contributed by atoms with Gasteiger partial charge in [0.15, 0.2) is 0 Å². The Balaban J connectivity index is 1.61. The van der Waals surface area contributed by atoms with Gasteiger partial charge in [-0.25, -0.2) is 0 Å². The smallest absolute Gasteiger partial charge is 0.0162 e. The summed E-state index contributed by atoms with van der Waals surface area (Å²) in [6.45, 7) is 4.13. The van der Waals surface area contributed by atoms with Crippen molar-refractivity contribution >= 4 is 0 Å². The van der Waals surface area contributed by atoms with E-state index in [-0.39, 0.29) is 0 Å². The maximum atomic E-state index is 5.53. The molecule has 0 bridgehead atoms. The van der Waals surface area contributed by atoms with Gasteiger partial charge in [0.1, 0.15) is 0 Å². The van der Waals surface area contributed by atoms with E-state index in [1.807, 2.05) is 0 Å². The van der Waals surface area contributed by atoms with Crippen LogP contribution in [0, 0.1) is 17.8 Å². The molecule has 70 valence electrons. The highest BCUT2D eigenvalue weighted by Gasteiger charge is 2.45. The minimum absolute atomic E-state index is 0.502. The molecule has 2 aliphatic rings. The van der Waals surface area contributed by atoms with Gasteiger partial charge >= 0.3 is 0 Å². The summed E-state index contributed by atoms with van der Waals surface area (Å²) in [5.41, 5.74) is 5.53. The van der Waals surface area contributed by atoms with Crippen molar-refractivity contribution in [1.82, 2.24) is 5.32 Å². The number of hydrogen-bond acceptors (Lipinski definition) is 2. The standard InChI is InChI=1S/C10H20N2/c1-7(5-11)12-6-8-2-9-4-10(9)3-8/h7-10,12H,2-6,11H2,1H3/t7-,8?,9?,10?/m0/s1. The number of rotatable bonds is 4. The van der Waals surface area contributed by atoms with Crippen LogP contribution in [0.3, 0.4) is 0 Å². The topological polar surface area (TPSA) is 38.0 Å². The van der Waals surface area contributed by atoms with Gasteiger partial charge in [-0.15, -0.1) is 0 Å². The molecule has 12 heavy (non-hydrogen) atoms. The van der Waals surface area contributed by atoms with Gasteiger partial charge in [0, 0.05) is 12.6 Å². The third-order valence-electron chi connectivity index (χ3n) is 3.45. The second-order valence-electron chi connectivity index (χ2n) is 4.64. The van der Waals surface area contributed by atoms with Crippen LogP contribution in [0.15, 0.2) is 0 Å². The number of hydrogen-bond donors (Lipinski definition) is 2. The summed E-state index contributed by atoms with van der Waals surface area (Å²) in [5.74, 6) is 3.19. The highest BCUT2D eigenvalue weighted by atomic mass is 14.9. The predicted molar refractivity (Wildman–Crippen MR) is 50.8 cm³/mol. The van der Waals surface area contributed by atoms with Crippen LogP contribution < -0.4 is 11.1 Å². The molecule has 2 aliphatic carbocycles. The molecule has 0 aromatic carbocycles. The first kappa shape index (κ1) is 8.52. The summed E-state index contributed by atoms with van der Waals surface area (Å²) in [6, 6.07) is 0.502. The summed E-state index contributed by atoms with van der Waals surface area (Å²) in [4.78, 5) is 0. The monoisotopic (exact) mass is 168 g/mol. The summed E-state index contributed by atoms with van der Waals surface area (Å²) >= 11 is 0. The van der Waals surface area contributed by atoms with Gasteiger partial charge in [-0.05, 0) is 50.5 Å². The molecule has 2 unspecified atom stereocenters. The zero-order valence-electron chi connectivity index (χ0n) is 7.92. The summed E-state index contributed by atoms with van der Waals surface area (Å²) in [5, 5.41) is 3.49. The van der Waals surface area contributed by atoms with Crippen molar-refractivity contribution < 1.29 is 0 Å². The van der Waals surface area contributed by atoms with E-state index in [1.165, 1.54) is 25.8 Å². The average molecular weight is 168 g/mol. The van der Waals surface area contributed by atoms with Crippen molar-refractivity contribution in [1.29, 1.82) is 0 Å². The van der Waals surface area contributed by atoms with Crippen molar-refractivity contribution in [2.45, 2.75) is 32.2 Å². The van der Waals surface area contributed by atoms with Crippen LogP contribution in [0.4, 0.5) is 0 Å². The Hall–Kier alpha value is -0.0800. The molecular weight excluding hydrogens is 148 g/mol. The second-order valence-corrected chi connectivity index (χ2v) is 4.64. The van der Waals surface area contributed by atoms with E-state index < -0.39 is 0 Å². The van der Waals surface area contributed by atoms with Gasteiger partial charge in [-0.2, -0.15) is 0 Å². The number of nitrogens with two attached hydrogens (primary N) is 1. The van der Waals surface area contributed by atoms with Crippen molar-refractivity contribution in [2.24, 2.45) is 23.5 Å². The maximum absolute atomic E-state index is 5.53. The highest BCUT2D eigenvalue weighted by molar-refractivity contribution is 4.96. The molecule has 3 N–H and O–H groups in total. The molecule has 2 heteroatoms. The van der Waals surface area contributed by atoms with Crippen LogP contribution in [0.1, 0.15) is 26.2 Å². The molecule has 0 aliphatic heterocycles. The molecule has 2 saturated carbocycles. The van der Waals surface area contributed by atoms with E-state index >= 15 is 0 Å². The lowest BCUT2D eigenvalue weighted by Gasteiger charge is -2.16. The highest BCUT2D eigenvalue weighted by Crippen LogP contribution is 2.54. The third kappa shape index (κ3) is 1.80. The zero-order valence-corrected chi connectivity index (χ0v) is 7.92. The van der Waals surface area contributed by atoms with Crippen molar-refractivity contribution in [3.63, 3.8) is 0 Å². The lowest BCUT2D eigenvalue weighted by Crippen LogP contribution is -2.36. The van der Waals surface area contributed by atoms with Crippen LogP contribution in [-0.4, -0.2) is 19.1 Å². The lowest BCUT2D eigenvalue weighted by atomic mass is 10.0. The first-order valence-electron chi connectivity index (χ1n) is 5.23. The van der Waals surface area contributed by atoms with Crippen molar-refractivity contribution in [3.05, 3.63) is 0 Å². The van der Waals surface area contributed by atoms with Crippen molar-refractivity contribution in [3.8, 4) is 0 Å². The molecule has 0 aromatic rings. The maximum Gasteiger partial charge on any atom is 0.0162 e. The fourth-order valence-electron chi connectivity index (χ4n) is 2.46. The molecule has 0 saturated heterocycles. The van der Waals surface area contributed by atoms with Crippen LogP contribution in [0.2, 0.25) is 0 Å². The molecule has 3 atom stereocenters. The zero-order chi connectivity index (χ0) is 8.55. The predicted octanol–water partition coefficient (Wildman–Crippen LogP) is 0.969. The third-order valence-corrected chi connectivity index (χ3v) is 3.45. The van der Waals surface area contributed by atoms with E-state index in [0.717, 1.165) is 24.3 Å². The minimum atomic E-state index is 0.502. The molecular formula is C10H20N2. The van der Waals surface area contributed by atoms with E-state index in [0.29, 0.717) is 6.04 Å². The largest absolute Gasteiger partial charge is 0.329 e. The quantitative estimate of drug-likeness (QED) is 0.656. The van der Waals surface area contributed by atoms with Gasteiger partial charge in [-0.1, -0.05) is 0 Å². The van der Waals surface area contributed by atoms with Crippen LogP contribution in [-0.2, 0) is 0 Å². The molecule has 2 fully saturated rings. The lowest BCUT2D eigenvalue weighted by molar-refractivity contribution is 0.418. The average Bonchev–Trinajstić information content (AvgIpc) is 2.70. The summed E-state index contributed by atoms with van der Waals surface area (Å²) in [6.07, 6.45) is 4.49. The molecule has 0 radical (unpaired) electrons. The Kier molecular flexibility index (Phi) is 2.37. The molecule has 0 aromatic heterocycles. The Labute approximate surface area is 74.9 Å². The van der Waals surface area contributed by atoms with Crippen molar-refractivity contribution in [2.75, 3.05) is 13.1 Å². The summed E-state index contributed by atoms with van der Waals surface area (Å²) < 4.78 is 0. The van der Waals surface area contributed by atoms with Gasteiger partial charge in [0.25, 0.3) is 0 Å². The number of fused-ring (bicyclic) bond motifs is 1. The second kappa shape index (κ2) is 3.35. The van der Waals surface area contributed by atoms with Crippen LogP contribution in [0.25, 0.3) is 0 Å². The van der Waals surface area contributed by atoms with Gasteiger partial charge in [0.05, 0.1) is 0 Å². The van der Waals surface area contributed by atoms with E-state index in [4.69, 9.17) is 5.73 Å². The molecule has 2 rings (SSSR count). The first-order chi connectivity index (χ1) is 5.79. The van der Waals surface area contributed by atoms with Gasteiger partial charge < -0.3 is 11.1 Å². The first-order valence-corrected chi connectivity index (χ1v) is 5.23.